The van der Waals surface area contributed by atoms with E-state index in [1.807, 2.05) is 7.05 Å². The first-order chi connectivity index (χ1) is 11.8. The first-order valence-electron chi connectivity index (χ1n) is 9.01. The molecular formula is C17H38N2O5. The molecule has 0 amide bonds. The number of nitrogens with one attached hydrogen (secondary N) is 2. The van der Waals surface area contributed by atoms with Gasteiger partial charge in [0.2, 0.25) is 0 Å². The summed E-state index contributed by atoms with van der Waals surface area (Å²) in [5, 5.41) is 6.35. The maximum atomic E-state index is 5.46. The van der Waals surface area contributed by atoms with Gasteiger partial charge in [0.15, 0.2) is 0 Å². The summed E-state index contributed by atoms with van der Waals surface area (Å²) in [6.45, 7) is 13.4. The Morgan fingerprint density at radius 2 is 0.958 bits per heavy atom. The maximum Gasteiger partial charge on any atom is 0.0701 e. The Bertz CT molecular complexity index is 233. The summed E-state index contributed by atoms with van der Waals surface area (Å²) >= 11 is 0. The first-order valence-corrected chi connectivity index (χ1v) is 9.01. The minimum absolute atomic E-state index is 0.581. The van der Waals surface area contributed by atoms with Crippen molar-refractivity contribution in [3.05, 3.63) is 0 Å². The zero-order chi connectivity index (χ0) is 17.7. The predicted octanol–water partition coefficient (Wildman–Crippen LogP) is 0.534. The van der Waals surface area contributed by atoms with Crippen LogP contribution in [0.25, 0.3) is 0 Å². The Hall–Kier alpha value is -0.280. The number of likely N-dealkylation sites (N-methyl/N-ethyl adjacent to an activating group) is 1. The summed E-state index contributed by atoms with van der Waals surface area (Å²) in [6, 6.07) is 0. The fourth-order valence-corrected chi connectivity index (χ4v) is 1.69. The summed E-state index contributed by atoms with van der Waals surface area (Å²) < 4.78 is 27.0. The molecule has 0 aliphatic carbocycles. The molecule has 0 rings (SSSR count). The fraction of sp³-hybridized carbons (Fsp3) is 1.00. The van der Waals surface area contributed by atoms with Crippen molar-refractivity contribution in [2.24, 2.45) is 5.92 Å². The van der Waals surface area contributed by atoms with E-state index < -0.39 is 0 Å². The Kier molecular flexibility index (Phi) is 20.5. The summed E-state index contributed by atoms with van der Waals surface area (Å²) in [4.78, 5) is 0. The van der Waals surface area contributed by atoms with E-state index in [0.717, 1.165) is 26.2 Å². The van der Waals surface area contributed by atoms with Crippen LogP contribution in [0.3, 0.4) is 0 Å². The van der Waals surface area contributed by atoms with Crippen molar-refractivity contribution in [1.29, 1.82) is 0 Å². The van der Waals surface area contributed by atoms with Gasteiger partial charge in [0.25, 0.3) is 0 Å². The van der Waals surface area contributed by atoms with Gasteiger partial charge in [-0.15, -0.1) is 0 Å². The highest BCUT2D eigenvalue weighted by Gasteiger charge is 1.94. The lowest BCUT2D eigenvalue weighted by Gasteiger charge is -2.09. The average Bonchev–Trinajstić information content (AvgIpc) is 2.56. The van der Waals surface area contributed by atoms with Crippen molar-refractivity contribution in [3.8, 4) is 0 Å². The monoisotopic (exact) mass is 350 g/mol. The average molecular weight is 351 g/mol. The van der Waals surface area contributed by atoms with E-state index in [-0.39, 0.29) is 0 Å². The zero-order valence-corrected chi connectivity index (χ0v) is 15.8. The van der Waals surface area contributed by atoms with Gasteiger partial charge < -0.3 is 34.3 Å². The van der Waals surface area contributed by atoms with Gasteiger partial charge in [-0.2, -0.15) is 0 Å². The second-order valence-electron chi connectivity index (χ2n) is 5.76. The van der Waals surface area contributed by atoms with E-state index in [9.17, 15) is 0 Å². The van der Waals surface area contributed by atoms with Gasteiger partial charge in [-0.05, 0) is 19.5 Å². The number of hydrogen-bond donors (Lipinski definition) is 2. The molecule has 0 heterocycles. The summed E-state index contributed by atoms with van der Waals surface area (Å²) in [5.74, 6) is 0.676. The predicted molar refractivity (Wildman–Crippen MR) is 95.7 cm³/mol. The molecular weight excluding hydrogens is 312 g/mol. The van der Waals surface area contributed by atoms with E-state index in [1.54, 1.807) is 0 Å². The Balaban J connectivity index is 2.95. The molecule has 0 saturated heterocycles. The summed E-state index contributed by atoms with van der Waals surface area (Å²) in [6.07, 6.45) is 0. The molecule has 0 aromatic carbocycles. The van der Waals surface area contributed by atoms with Gasteiger partial charge in [0.05, 0.1) is 66.1 Å². The minimum Gasteiger partial charge on any atom is -0.378 e. The van der Waals surface area contributed by atoms with Crippen LogP contribution >= 0.6 is 0 Å². The normalized spacial score (nSPS) is 11.5. The largest absolute Gasteiger partial charge is 0.378 e. The van der Waals surface area contributed by atoms with Crippen LogP contribution < -0.4 is 10.6 Å². The molecule has 0 aliphatic heterocycles. The fourth-order valence-electron chi connectivity index (χ4n) is 1.69. The Labute approximate surface area is 147 Å². The molecule has 0 spiro atoms. The van der Waals surface area contributed by atoms with Gasteiger partial charge in [-0.25, -0.2) is 0 Å². The van der Waals surface area contributed by atoms with Crippen LogP contribution in [0, 0.1) is 5.92 Å². The van der Waals surface area contributed by atoms with Crippen molar-refractivity contribution < 1.29 is 23.7 Å². The van der Waals surface area contributed by atoms with Crippen LogP contribution in [0.4, 0.5) is 0 Å². The number of rotatable bonds is 20. The van der Waals surface area contributed by atoms with Crippen LogP contribution in [0.5, 0.6) is 0 Å². The number of ether oxygens (including phenoxy) is 5. The highest BCUT2D eigenvalue weighted by atomic mass is 16.6. The zero-order valence-electron chi connectivity index (χ0n) is 15.8. The van der Waals surface area contributed by atoms with E-state index in [4.69, 9.17) is 23.7 Å². The standard InChI is InChI=1S/C17H38N2O5/c1-17(2)16-19-5-7-21-9-11-23-13-15-24-14-12-22-10-8-20-6-4-18-3/h17-19H,4-16H2,1-3H3. The molecule has 146 valence electrons. The lowest BCUT2D eigenvalue weighted by atomic mass is 10.2. The summed E-state index contributed by atoms with van der Waals surface area (Å²) in [5.41, 5.74) is 0. The van der Waals surface area contributed by atoms with Crippen molar-refractivity contribution in [1.82, 2.24) is 10.6 Å². The summed E-state index contributed by atoms with van der Waals surface area (Å²) in [7, 11) is 1.90. The molecule has 0 bridgehead atoms. The molecule has 0 fully saturated rings. The second kappa shape index (κ2) is 20.8. The quantitative estimate of drug-likeness (QED) is 0.311. The van der Waals surface area contributed by atoms with Crippen molar-refractivity contribution in [2.45, 2.75) is 13.8 Å². The van der Waals surface area contributed by atoms with Gasteiger partial charge in [-0.1, -0.05) is 13.8 Å². The van der Waals surface area contributed by atoms with Crippen LogP contribution in [0.15, 0.2) is 0 Å². The molecule has 0 aromatic rings. The highest BCUT2D eigenvalue weighted by Crippen LogP contribution is 1.86. The lowest BCUT2D eigenvalue weighted by Crippen LogP contribution is -2.24. The molecule has 24 heavy (non-hydrogen) atoms. The molecule has 2 N–H and O–H groups in total. The molecule has 7 heteroatoms. The molecule has 0 aromatic heterocycles. The first kappa shape index (κ1) is 23.7. The molecule has 7 nitrogen and oxygen atoms in total. The van der Waals surface area contributed by atoms with E-state index in [1.165, 1.54) is 0 Å². The maximum absolute atomic E-state index is 5.46. The van der Waals surface area contributed by atoms with Crippen LogP contribution in [-0.2, 0) is 23.7 Å². The Morgan fingerprint density at radius 1 is 0.583 bits per heavy atom. The van der Waals surface area contributed by atoms with Gasteiger partial charge in [0, 0.05) is 13.1 Å². The van der Waals surface area contributed by atoms with E-state index in [2.05, 4.69) is 24.5 Å². The van der Waals surface area contributed by atoms with Crippen molar-refractivity contribution >= 4 is 0 Å². The molecule has 0 saturated carbocycles. The molecule has 0 atom stereocenters. The molecule has 0 radical (unpaired) electrons. The lowest BCUT2D eigenvalue weighted by molar-refractivity contribution is -0.0105. The Morgan fingerprint density at radius 3 is 1.33 bits per heavy atom. The highest BCUT2D eigenvalue weighted by molar-refractivity contribution is 4.49. The molecule has 0 unspecified atom stereocenters. The smallest absolute Gasteiger partial charge is 0.0701 e. The van der Waals surface area contributed by atoms with Crippen LogP contribution in [-0.4, -0.2) is 92.8 Å². The van der Waals surface area contributed by atoms with Gasteiger partial charge in [-0.3, -0.25) is 0 Å². The van der Waals surface area contributed by atoms with Gasteiger partial charge >= 0.3 is 0 Å². The van der Waals surface area contributed by atoms with Crippen molar-refractivity contribution in [2.75, 3.05) is 92.8 Å². The van der Waals surface area contributed by atoms with Crippen LogP contribution in [0.2, 0.25) is 0 Å². The topological polar surface area (TPSA) is 70.2 Å². The number of hydrogen-bond acceptors (Lipinski definition) is 7. The minimum atomic E-state index is 0.581. The third-order valence-corrected chi connectivity index (χ3v) is 2.96. The SMILES string of the molecule is CNCCOCCOCCOCCOCCOCCNCC(C)C. The second-order valence-corrected chi connectivity index (χ2v) is 5.76. The van der Waals surface area contributed by atoms with E-state index in [0.29, 0.717) is 65.4 Å². The van der Waals surface area contributed by atoms with E-state index >= 15 is 0 Å². The third kappa shape index (κ3) is 21.7. The van der Waals surface area contributed by atoms with Crippen molar-refractivity contribution in [3.63, 3.8) is 0 Å². The van der Waals surface area contributed by atoms with Gasteiger partial charge in [0.1, 0.15) is 0 Å². The molecule has 0 aliphatic rings. The third-order valence-electron chi connectivity index (χ3n) is 2.96. The van der Waals surface area contributed by atoms with Crippen LogP contribution in [0.1, 0.15) is 13.8 Å².